The smallest absolute Gasteiger partial charge is 0.279 e. The predicted molar refractivity (Wildman–Crippen MR) is 107 cm³/mol. The number of amides is 1. The van der Waals surface area contributed by atoms with Gasteiger partial charge in [0.25, 0.3) is 5.91 Å². The second-order valence-corrected chi connectivity index (χ2v) is 8.41. The van der Waals surface area contributed by atoms with Crippen LogP contribution >= 0.6 is 50.6 Å². The fraction of sp³-hybridized carbons (Fsp3) is 0.176. The second kappa shape index (κ2) is 7.87. The molecule has 0 radical (unpaired) electrons. The minimum Gasteiger partial charge on any atom is -0.316 e. The van der Waals surface area contributed by atoms with Gasteiger partial charge in [0.1, 0.15) is 0 Å². The number of carbonyl (C=O) groups is 1. The molecule has 3 aromatic rings. The molecule has 24 heavy (non-hydrogen) atoms. The highest BCUT2D eigenvalue weighted by atomic mass is 79.9. The lowest BCUT2D eigenvalue weighted by atomic mass is 10.2. The molecule has 0 aliphatic carbocycles. The average molecular weight is 442 g/mol. The van der Waals surface area contributed by atoms with Gasteiger partial charge < -0.3 is 4.57 Å². The monoisotopic (exact) mass is 440 g/mol. The Morgan fingerprint density at radius 1 is 1.29 bits per heavy atom. The summed E-state index contributed by atoms with van der Waals surface area (Å²) >= 11 is 12.7. The molecule has 0 bridgehead atoms. The zero-order valence-electron chi connectivity index (χ0n) is 12.8. The normalized spacial score (nSPS) is 12.0. The summed E-state index contributed by atoms with van der Waals surface area (Å²) in [5.74, 6) is 0.708. The number of halogens is 2. The third-order valence-corrected chi connectivity index (χ3v) is 5.83. The maximum Gasteiger partial charge on any atom is 0.279 e. The number of rotatable bonds is 4. The van der Waals surface area contributed by atoms with Crippen LogP contribution in [0, 0.1) is 0 Å². The number of benzene rings is 2. The van der Waals surface area contributed by atoms with Gasteiger partial charge in [0, 0.05) is 27.4 Å². The van der Waals surface area contributed by atoms with Gasteiger partial charge in [-0.1, -0.05) is 38.9 Å². The molecule has 0 fully saturated rings. The summed E-state index contributed by atoms with van der Waals surface area (Å²) in [6, 6.07) is 12.9. The van der Waals surface area contributed by atoms with Crippen LogP contribution in [-0.4, -0.2) is 22.5 Å². The average Bonchev–Trinajstić information content (AvgIpc) is 2.89. The van der Waals surface area contributed by atoms with Crippen LogP contribution in [0.2, 0.25) is 5.02 Å². The highest BCUT2D eigenvalue weighted by Crippen LogP contribution is 2.22. The van der Waals surface area contributed by atoms with Gasteiger partial charge in [0.05, 0.1) is 10.2 Å². The van der Waals surface area contributed by atoms with E-state index in [1.807, 2.05) is 6.07 Å². The molecule has 2 aromatic carbocycles. The first-order valence-electron chi connectivity index (χ1n) is 7.21. The summed E-state index contributed by atoms with van der Waals surface area (Å²) in [5, 5.41) is 0.605. The SMILES string of the molecule is CSCCn1c(=NC(=O)c2ccc(Cl)cc2)sc2cc(Br)ccc21. The van der Waals surface area contributed by atoms with Gasteiger partial charge in [-0.05, 0) is 48.7 Å². The zero-order valence-corrected chi connectivity index (χ0v) is 16.8. The Morgan fingerprint density at radius 3 is 2.75 bits per heavy atom. The van der Waals surface area contributed by atoms with Crippen molar-refractivity contribution in [2.75, 3.05) is 12.0 Å². The lowest BCUT2D eigenvalue weighted by Gasteiger charge is -2.03. The number of thiazole rings is 1. The summed E-state index contributed by atoms with van der Waals surface area (Å²) < 4.78 is 4.23. The number of aromatic nitrogens is 1. The highest BCUT2D eigenvalue weighted by molar-refractivity contribution is 9.10. The van der Waals surface area contributed by atoms with Crippen LogP contribution in [0.4, 0.5) is 0 Å². The van der Waals surface area contributed by atoms with E-state index in [0.29, 0.717) is 10.6 Å². The summed E-state index contributed by atoms with van der Waals surface area (Å²) in [6.45, 7) is 0.815. The van der Waals surface area contributed by atoms with Crippen molar-refractivity contribution in [3.05, 3.63) is 62.3 Å². The Balaban J connectivity index is 2.09. The molecule has 0 saturated heterocycles. The molecule has 0 unspecified atom stereocenters. The fourth-order valence-electron chi connectivity index (χ4n) is 2.27. The summed E-state index contributed by atoms with van der Waals surface area (Å²) in [5.41, 5.74) is 1.63. The zero-order chi connectivity index (χ0) is 17.1. The van der Waals surface area contributed by atoms with Gasteiger partial charge >= 0.3 is 0 Å². The Kier molecular flexibility index (Phi) is 5.81. The molecule has 0 aliphatic rings. The Bertz CT molecular complexity index is 947. The standard InChI is InChI=1S/C17H14BrClN2OS2/c1-23-9-8-21-14-7-4-12(18)10-15(14)24-17(21)20-16(22)11-2-5-13(19)6-3-11/h2-7,10H,8-9H2,1H3. The lowest BCUT2D eigenvalue weighted by molar-refractivity contribution is 0.0998. The van der Waals surface area contributed by atoms with E-state index in [9.17, 15) is 4.79 Å². The van der Waals surface area contributed by atoms with Gasteiger partial charge in [-0.15, -0.1) is 0 Å². The molecule has 3 rings (SSSR count). The summed E-state index contributed by atoms with van der Waals surface area (Å²) in [6.07, 6.45) is 2.07. The Morgan fingerprint density at radius 2 is 2.04 bits per heavy atom. The van der Waals surface area contributed by atoms with E-state index in [1.54, 1.807) is 36.0 Å². The number of fused-ring (bicyclic) bond motifs is 1. The molecule has 7 heteroatoms. The van der Waals surface area contributed by atoms with Crippen LogP contribution in [0.5, 0.6) is 0 Å². The van der Waals surface area contributed by atoms with Crippen molar-refractivity contribution >= 4 is 66.8 Å². The molecule has 0 spiro atoms. The molecule has 3 nitrogen and oxygen atoms in total. The molecular weight excluding hydrogens is 428 g/mol. The third-order valence-electron chi connectivity index (χ3n) is 3.45. The molecule has 1 amide bonds. The minimum absolute atomic E-state index is 0.254. The number of thioether (sulfide) groups is 1. The van der Waals surface area contributed by atoms with Crippen LogP contribution < -0.4 is 4.80 Å². The van der Waals surface area contributed by atoms with Crippen molar-refractivity contribution in [3.63, 3.8) is 0 Å². The maximum atomic E-state index is 12.5. The van der Waals surface area contributed by atoms with Crippen molar-refractivity contribution in [3.8, 4) is 0 Å². The van der Waals surface area contributed by atoms with Crippen LogP contribution in [0.3, 0.4) is 0 Å². The van der Waals surface area contributed by atoms with E-state index in [1.165, 1.54) is 11.3 Å². The molecule has 124 valence electrons. The highest BCUT2D eigenvalue weighted by Gasteiger charge is 2.09. The molecule has 0 saturated carbocycles. The second-order valence-electron chi connectivity index (χ2n) is 5.06. The molecular formula is C17H14BrClN2OS2. The van der Waals surface area contributed by atoms with Crippen LogP contribution in [-0.2, 0) is 6.54 Å². The summed E-state index contributed by atoms with van der Waals surface area (Å²) in [4.78, 5) is 17.5. The van der Waals surface area contributed by atoms with E-state index in [0.717, 1.165) is 31.8 Å². The minimum atomic E-state index is -0.254. The van der Waals surface area contributed by atoms with E-state index < -0.39 is 0 Å². The molecule has 1 heterocycles. The van der Waals surface area contributed by atoms with E-state index in [-0.39, 0.29) is 5.91 Å². The van der Waals surface area contributed by atoms with E-state index in [2.05, 4.69) is 43.9 Å². The van der Waals surface area contributed by atoms with Crippen molar-refractivity contribution in [2.45, 2.75) is 6.54 Å². The molecule has 0 aliphatic heterocycles. The quantitative estimate of drug-likeness (QED) is 0.556. The van der Waals surface area contributed by atoms with Crippen LogP contribution in [0.25, 0.3) is 10.2 Å². The number of hydrogen-bond acceptors (Lipinski definition) is 3. The van der Waals surface area contributed by atoms with Gasteiger partial charge in [-0.25, -0.2) is 0 Å². The Labute approximate surface area is 161 Å². The number of nitrogens with zero attached hydrogens (tertiary/aromatic N) is 2. The van der Waals surface area contributed by atoms with Crippen molar-refractivity contribution in [1.82, 2.24) is 4.57 Å². The third kappa shape index (κ3) is 3.94. The summed E-state index contributed by atoms with van der Waals surface area (Å²) in [7, 11) is 0. The maximum absolute atomic E-state index is 12.5. The lowest BCUT2D eigenvalue weighted by Crippen LogP contribution is -2.18. The van der Waals surface area contributed by atoms with E-state index in [4.69, 9.17) is 11.6 Å². The van der Waals surface area contributed by atoms with E-state index >= 15 is 0 Å². The molecule has 1 aromatic heterocycles. The van der Waals surface area contributed by atoms with Gasteiger partial charge in [-0.3, -0.25) is 4.79 Å². The Hall–Kier alpha value is -1.08. The topological polar surface area (TPSA) is 34.4 Å². The van der Waals surface area contributed by atoms with Crippen molar-refractivity contribution < 1.29 is 4.79 Å². The first-order valence-corrected chi connectivity index (χ1v) is 10.6. The van der Waals surface area contributed by atoms with Gasteiger partial charge in [0.2, 0.25) is 0 Å². The number of aryl methyl sites for hydroxylation is 1. The first kappa shape index (κ1) is 17.7. The van der Waals surface area contributed by atoms with Gasteiger partial charge in [0.15, 0.2) is 4.80 Å². The van der Waals surface area contributed by atoms with Crippen molar-refractivity contribution in [2.24, 2.45) is 4.99 Å². The van der Waals surface area contributed by atoms with Crippen molar-refractivity contribution in [1.29, 1.82) is 0 Å². The molecule has 0 atom stereocenters. The largest absolute Gasteiger partial charge is 0.316 e. The fourth-order valence-corrected chi connectivity index (χ4v) is 4.37. The first-order chi connectivity index (χ1) is 11.6. The van der Waals surface area contributed by atoms with Crippen LogP contribution in [0.15, 0.2) is 51.9 Å². The van der Waals surface area contributed by atoms with Gasteiger partial charge in [-0.2, -0.15) is 16.8 Å². The number of hydrogen-bond donors (Lipinski definition) is 0. The molecule has 0 N–H and O–H groups in total. The van der Waals surface area contributed by atoms with Crippen LogP contribution in [0.1, 0.15) is 10.4 Å². The predicted octanol–water partition coefficient (Wildman–Crippen LogP) is 5.22. The number of carbonyl (C=O) groups excluding carboxylic acids is 1.